The van der Waals surface area contributed by atoms with E-state index < -0.39 is 10.2 Å². The van der Waals surface area contributed by atoms with Crippen molar-refractivity contribution in [3.63, 3.8) is 0 Å². The maximum Gasteiger partial charge on any atom is 0.282 e. The molecule has 0 unspecified atom stereocenters. The smallest absolute Gasteiger partial charge is 0.282 e. The van der Waals surface area contributed by atoms with Gasteiger partial charge < -0.3 is 9.64 Å². The van der Waals surface area contributed by atoms with Gasteiger partial charge in [0.25, 0.3) is 10.2 Å². The molecule has 2 aliphatic heterocycles. The summed E-state index contributed by atoms with van der Waals surface area (Å²) in [6.45, 7) is 3.14. The minimum atomic E-state index is -3.46. The van der Waals surface area contributed by atoms with Crippen molar-refractivity contribution in [1.82, 2.24) is 23.3 Å². The molecule has 0 amide bonds. The number of hydrogen-bond acceptors (Lipinski definition) is 5. The lowest BCUT2D eigenvalue weighted by atomic mass is 10.1. The summed E-state index contributed by atoms with van der Waals surface area (Å²) < 4.78 is 36.3. The van der Waals surface area contributed by atoms with Gasteiger partial charge in [0, 0.05) is 33.2 Å². The molecular formula is C15H27N5O3S. The van der Waals surface area contributed by atoms with Crippen molar-refractivity contribution in [2.24, 2.45) is 7.05 Å². The van der Waals surface area contributed by atoms with Gasteiger partial charge in [-0.05, 0) is 33.0 Å². The van der Waals surface area contributed by atoms with Crippen LogP contribution in [0.2, 0.25) is 0 Å². The number of aromatic nitrogens is 2. The van der Waals surface area contributed by atoms with Gasteiger partial charge in [0.2, 0.25) is 0 Å². The maximum atomic E-state index is 13.0. The summed E-state index contributed by atoms with van der Waals surface area (Å²) in [5, 5.41) is 4.60. The van der Waals surface area contributed by atoms with Gasteiger partial charge in [-0.1, -0.05) is 0 Å². The summed E-state index contributed by atoms with van der Waals surface area (Å²) in [5.74, 6) is 0. The van der Waals surface area contributed by atoms with Crippen LogP contribution in [0.3, 0.4) is 0 Å². The van der Waals surface area contributed by atoms with Crippen LogP contribution >= 0.6 is 0 Å². The Bertz CT molecular complexity index is 667. The summed E-state index contributed by atoms with van der Waals surface area (Å²) in [6.07, 6.45) is 1.69. The molecule has 1 atom stereocenters. The maximum absolute atomic E-state index is 13.0. The lowest BCUT2D eigenvalue weighted by Crippen LogP contribution is -2.48. The van der Waals surface area contributed by atoms with E-state index >= 15 is 0 Å². The number of aryl methyl sites for hydroxylation is 1. The molecule has 3 rings (SSSR count). The van der Waals surface area contributed by atoms with Gasteiger partial charge in [-0.3, -0.25) is 4.68 Å². The molecule has 2 saturated heterocycles. The molecule has 1 aromatic heterocycles. The number of morpholine rings is 1. The monoisotopic (exact) mass is 357 g/mol. The van der Waals surface area contributed by atoms with E-state index in [1.54, 1.807) is 8.61 Å². The Hall–Kier alpha value is -1.00. The van der Waals surface area contributed by atoms with Crippen molar-refractivity contribution < 1.29 is 13.2 Å². The molecule has 136 valence electrons. The fourth-order valence-electron chi connectivity index (χ4n) is 3.40. The van der Waals surface area contributed by atoms with E-state index in [1.807, 2.05) is 31.9 Å². The molecule has 0 saturated carbocycles. The van der Waals surface area contributed by atoms with Crippen LogP contribution in [0.4, 0.5) is 0 Å². The number of nitrogens with zero attached hydrogens (tertiary/aromatic N) is 5. The highest BCUT2D eigenvalue weighted by Gasteiger charge is 2.40. The molecule has 3 heterocycles. The largest absolute Gasteiger partial charge is 0.379 e. The first-order chi connectivity index (χ1) is 11.4. The van der Waals surface area contributed by atoms with E-state index in [1.165, 1.54) is 0 Å². The van der Waals surface area contributed by atoms with Crippen LogP contribution in [-0.4, -0.2) is 78.7 Å². The van der Waals surface area contributed by atoms with Crippen molar-refractivity contribution in [3.8, 4) is 0 Å². The molecule has 0 bridgehead atoms. The second-order valence-electron chi connectivity index (χ2n) is 6.71. The highest BCUT2D eigenvalue weighted by Crippen LogP contribution is 2.35. The SMILES string of the molecule is CN(C)Cc1cc([C@H]2CCCN2S(=O)(=O)N2CCOCC2)nn1C. The highest BCUT2D eigenvalue weighted by molar-refractivity contribution is 7.86. The van der Waals surface area contributed by atoms with Gasteiger partial charge in [-0.2, -0.15) is 22.1 Å². The van der Waals surface area contributed by atoms with E-state index in [9.17, 15) is 8.42 Å². The van der Waals surface area contributed by atoms with Crippen molar-refractivity contribution in [2.75, 3.05) is 46.9 Å². The topological polar surface area (TPSA) is 70.9 Å². The first-order valence-electron chi connectivity index (χ1n) is 8.42. The zero-order valence-electron chi connectivity index (χ0n) is 14.7. The quantitative estimate of drug-likeness (QED) is 0.753. The van der Waals surface area contributed by atoms with Crippen LogP contribution in [0.15, 0.2) is 6.07 Å². The van der Waals surface area contributed by atoms with Crippen LogP contribution in [0, 0.1) is 0 Å². The lowest BCUT2D eigenvalue weighted by Gasteiger charge is -2.32. The number of ether oxygens (including phenoxy) is 1. The molecule has 9 heteroatoms. The van der Waals surface area contributed by atoms with Crippen LogP contribution in [0.5, 0.6) is 0 Å². The Morgan fingerprint density at radius 1 is 1.29 bits per heavy atom. The molecule has 0 N–H and O–H groups in total. The Balaban J connectivity index is 1.82. The molecular weight excluding hydrogens is 330 g/mol. The summed E-state index contributed by atoms with van der Waals surface area (Å²) in [4.78, 5) is 2.08. The Labute approximate surface area is 144 Å². The first kappa shape index (κ1) is 17.8. The van der Waals surface area contributed by atoms with E-state index in [0.717, 1.165) is 30.8 Å². The fraction of sp³-hybridized carbons (Fsp3) is 0.800. The van der Waals surface area contributed by atoms with E-state index in [4.69, 9.17) is 4.74 Å². The van der Waals surface area contributed by atoms with Gasteiger partial charge in [-0.25, -0.2) is 0 Å². The molecule has 0 aromatic carbocycles. The molecule has 0 aliphatic carbocycles. The van der Waals surface area contributed by atoms with E-state index in [0.29, 0.717) is 32.8 Å². The summed E-state index contributed by atoms with van der Waals surface area (Å²) >= 11 is 0. The number of hydrogen-bond donors (Lipinski definition) is 0. The van der Waals surface area contributed by atoms with E-state index in [-0.39, 0.29) is 6.04 Å². The van der Waals surface area contributed by atoms with Gasteiger partial charge in [-0.15, -0.1) is 0 Å². The van der Waals surface area contributed by atoms with Crippen molar-refractivity contribution in [1.29, 1.82) is 0 Å². The van der Waals surface area contributed by atoms with Gasteiger partial charge in [0.1, 0.15) is 0 Å². The van der Waals surface area contributed by atoms with Crippen LogP contribution in [-0.2, 0) is 28.5 Å². The Morgan fingerprint density at radius 2 is 2.00 bits per heavy atom. The van der Waals surface area contributed by atoms with Gasteiger partial charge in [0.15, 0.2) is 0 Å². The summed E-state index contributed by atoms with van der Waals surface area (Å²) in [7, 11) is 2.48. The third kappa shape index (κ3) is 3.50. The summed E-state index contributed by atoms with van der Waals surface area (Å²) in [5.41, 5.74) is 1.94. The molecule has 1 aromatic rings. The van der Waals surface area contributed by atoms with Crippen LogP contribution < -0.4 is 0 Å². The second-order valence-corrected chi connectivity index (χ2v) is 8.59. The summed E-state index contributed by atoms with van der Waals surface area (Å²) in [6, 6.07) is 1.87. The predicted molar refractivity (Wildman–Crippen MR) is 90.6 cm³/mol. The lowest BCUT2D eigenvalue weighted by molar-refractivity contribution is 0.0698. The van der Waals surface area contributed by atoms with E-state index in [2.05, 4.69) is 10.00 Å². The molecule has 8 nitrogen and oxygen atoms in total. The zero-order valence-corrected chi connectivity index (χ0v) is 15.5. The van der Waals surface area contributed by atoms with Gasteiger partial charge in [0.05, 0.1) is 30.6 Å². The van der Waals surface area contributed by atoms with Crippen LogP contribution in [0.1, 0.15) is 30.3 Å². The molecule has 0 spiro atoms. The standard InChI is InChI=1S/C15H27N5O3S/c1-17(2)12-13-11-14(16-18(13)3)15-5-4-6-20(15)24(21,22)19-7-9-23-10-8-19/h11,15H,4-10,12H2,1-3H3/t15-/m1/s1. The van der Waals surface area contributed by atoms with Crippen molar-refractivity contribution in [3.05, 3.63) is 17.5 Å². The second kappa shape index (κ2) is 7.09. The highest BCUT2D eigenvalue weighted by atomic mass is 32.2. The first-order valence-corrected chi connectivity index (χ1v) is 9.81. The van der Waals surface area contributed by atoms with Crippen molar-refractivity contribution in [2.45, 2.75) is 25.4 Å². The Kier molecular flexibility index (Phi) is 5.26. The fourth-order valence-corrected chi connectivity index (χ4v) is 5.20. The normalized spacial score (nSPS) is 24.1. The molecule has 24 heavy (non-hydrogen) atoms. The Morgan fingerprint density at radius 3 is 2.67 bits per heavy atom. The predicted octanol–water partition coefficient (Wildman–Crippen LogP) is 0.196. The minimum Gasteiger partial charge on any atom is -0.379 e. The van der Waals surface area contributed by atoms with Gasteiger partial charge >= 0.3 is 0 Å². The number of rotatable bonds is 5. The van der Waals surface area contributed by atoms with Crippen LogP contribution in [0.25, 0.3) is 0 Å². The minimum absolute atomic E-state index is 0.167. The molecule has 0 radical (unpaired) electrons. The third-order valence-electron chi connectivity index (χ3n) is 4.61. The molecule has 2 fully saturated rings. The van der Waals surface area contributed by atoms with Crippen molar-refractivity contribution >= 4 is 10.2 Å². The molecule has 2 aliphatic rings. The third-order valence-corrected chi connectivity index (χ3v) is 6.66. The average molecular weight is 357 g/mol. The zero-order chi connectivity index (χ0) is 17.3. The average Bonchev–Trinajstić information content (AvgIpc) is 3.15.